The molecule has 4 atom stereocenters. The molecule has 0 aliphatic carbocycles. The van der Waals surface area contributed by atoms with Crippen LogP contribution in [0.4, 0.5) is 19.0 Å². The third-order valence-electron chi connectivity index (χ3n) is 4.01. The second-order valence-electron chi connectivity index (χ2n) is 5.95. The van der Waals surface area contributed by atoms with Crippen LogP contribution in [0.3, 0.4) is 0 Å². The zero-order chi connectivity index (χ0) is 19.9. The minimum absolute atomic E-state index is 0.440. The van der Waals surface area contributed by atoms with E-state index in [0.29, 0.717) is 16.8 Å². The van der Waals surface area contributed by atoms with Crippen molar-refractivity contribution in [3.63, 3.8) is 0 Å². The monoisotopic (exact) mass is 385 g/mol. The summed E-state index contributed by atoms with van der Waals surface area (Å²) >= 11 is 0. The van der Waals surface area contributed by atoms with Crippen LogP contribution in [0.1, 0.15) is 23.5 Å². The Morgan fingerprint density at radius 2 is 1.81 bits per heavy atom. The van der Waals surface area contributed by atoms with Crippen LogP contribution in [0.5, 0.6) is 0 Å². The molecule has 3 N–H and O–H groups in total. The second kappa shape index (κ2) is 7.10. The number of aliphatic hydroxyl groups excluding tert-OH is 2. The number of amides is 1. The lowest BCUT2D eigenvalue weighted by molar-refractivity contribution is -0.0355. The highest BCUT2D eigenvalue weighted by Gasteiger charge is 2.42. The van der Waals surface area contributed by atoms with Gasteiger partial charge in [-0.3, -0.25) is 9.36 Å². The quantitative estimate of drug-likeness (QED) is 0.711. The largest absolute Gasteiger partial charge is 0.388 e. The average Bonchev–Trinajstić information content (AvgIpc) is 2.84. The molecule has 0 unspecified atom stereocenters. The summed E-state index contributed by atoms with van der Waals surface area (Å²) in [7, 11) is 0. The van der Waals surface area contributed by atoms with Gasteiger partial charge < -0.3 is 20.3 Å². The minimum atomic E-state index is -1.49. The first-order valence-electron chi connectivity index (χ1n) is 7.75. The van der Waals surface area contributed by atoms with Gasteiger partial charge in [0.05, 0.1) is 12.3 Å². The Labute approximate surface area is 149 Å². The summed E-state index contributed by atoms with van der Waals surface area (Å²) < 4.78 is 46.4. The molecule has 2 heterocycles. The summed E-state index contributed by atoms with van der Waals surface area (Å²) in [4.78, 5) is 27.5. The number of aliphatic hydroxyl groups is 2. The summed E-state index contributed by atoms with van der Waals surface area (Å²) in [6.07, 6.45) is -4.31. The van der Waals surface area contributed by atoms with Crippen LogP contribution in [-0.2, 0) is 4.74 Å². The Bertz CT molecular complexity index is 931. The molecule has 1 aromatic carbocycles. The van der Waals surface area contributed by atoms with E-state index in [9.17, 15) is 33.0 Å². The molecule has 0 bridgehead atoms. The summed E-state index contributed by atoms with van der Waals surface area (Å²) in [5, 5.41) is 21.5. The normalized spacial score (nSPS) is 24.8. The Hall–Kier alpha value is -2.76. The van der Waals surface area contributed by atoms with Gasteiger partial charge in [-0.25, -0.2) is 18.0 Å². The van der Waals surface area contributed by atoms with E-state index in [1.165, 1.54) is 6.92 Å². The zero-order valence-corrected chi connectivity index (χ0v) is 13.8. The average molecular weight is 385 g/mol. The van der Waals surface area contributed by atoms with Crippen molar-refractivity contribution in [2.75, 3.05) is 5.32 Å². The number of ether oxygens (including phenoxy) is 1. The van der Waals surface area contributed by atoms with Crippen molar-refractivity contribution < 1.29 is 32.9 Å². The lowest BCUT2D eigenvalue weighted by Crippen LogP contribution is -2.36. The Kier molecular flexibility index (Phi) is 5.00. The Balaban J connectivity index is 1.87. The van der Waals surface area contributed by atoms with Crippen molar-refractivity contribution in [2.24, 2.45) is 0 Å². The first-order valence-corrected chi connectivity index (χ1v) is 7.75. The van der Waals surface area contributed by atoms with Crippen LogP contribution >= 0.6 is 0 Å². The lowest BCUT2D eigenvalue weighted by atomic mass is 10.1. The third-order valence-corrected chi connectivity index (χ3v) is 4.01. The number of carbonyl (C=O) groups is 1. The van der Waals surface area contributed by atoms with Crippen LogP contribution in [0, 0.1) is 17.5 Å². The molecular formula is C16H14F3N3O5. The fourth-order valence-corrected chi connectivity index (χ4v) is 2.64. The van der Waals surface area contributed by atoms with Gasteiger partial charge in [-0.05, 0) is 19.1 Å². The highest BCUT2D eigenvalue weighted by atomic mass is 19.1. The van der Waals surface area contributed by atoms with Gasteiger partial charge in [0.2, 0.25) is 0 Å². The van der Waals surface area contributed by atoms with Gasteiger partial charge in [-0.2, -0.15) is 4.98 Å². The number of aromatic nitrogens is 2. The fraction of sp³-hybridized carbons (Fsp3) is 0.312. The van der Waals surface area contributed by atoms with Gasteiger partial charge in [0.1, 0.15) is 23.8 Å². The molecule has 11 heteroatoms. The summed E-state index contributed by atoms with van der Waals surface area (Å²) in [6.45, 7) is 1.45. The van der Waals surface area contributed by atoms with Crippen LogP contribution in [0.25, 0.3) is 0 Å². The topological polar surface area (TPSA) is 114 Å². The van der Waals surface area contributed by atoms with Crippen molar-refractivity contribution in [3.05, 3.63) is 57.9 Å². The number of halogens is 3. The maximum atomic E-state index is 14.3. The minimum Gasteiger partial charge on any atom is -0.388 e. The predicted octanol–water partition coefficient (Wildman–Crippen LogP) is 0.552. The summed E-state index contributed by atoms with van der Waals surface area (Å²) in [6, 6.07) is 2.01. The van der Waals surface area contributed by atoms with E-state index in [1.807, 2.05) is 5.32 Å². The van der Waals surface area contributed by atoms with Gasteiger partial charge in [0, 0.05) is 11.6 Å². The number of hydrogen-bond donors (Lipinski definition) is 3. The number of nitrogens with zero attached hydrogens (tertiary/aromatic N) is 2. The molecular weight excluding hydrogens is 371 g/mol. The van der Waals surface area contributed by atoms with Crippen molar-refractivity contribution in [2.45, 2.75) is 31.5 Å². The van der Waals surface area contributed by atoms with Crippen LogP contribution in [0.2, 0.25) is 0 Å². The van der Waals surface area contributed by atoms with Crippen LogP contribution in [0.15, 0.2) is 29.2 Å². The molecule has 1 aliphatic heterocycles. The van der Waals surface area contributed by atoms with E-state index >= 15 is 0 Å². The summed E-state index contributed by atoms with van der Waals surface area (Å²) in [5.74, 6) is -5.04. The second-order valence-corrected chi connectivity index (χ2v) is 5.95. The van der Waals surface area contributed by atoms with Crippen molar-refractivity contribution in [3.8, 4) is 0 Å². The van der Waals surface area contributed by atoms with Gasteiger partial charge in [-0.15, -0.1) is 0 Å². The maximum Gasteiger partial charge on any atom is 0.351 e. The molecule has 8 nitrogen and oxygen atoms in total. The molecule has 1 fully saturated rings. The zero-order valence-electron chi connectivity index (χ0n) is 13.8. The lowest BCUT2D eigenvalue weighted by Gasteiger charge is -2.17. The van der Waals surface area contributed by atoms with E-state index < -0.39 is 65.0 Å². The highest BCUT2D eigenvalue weighted by Crippen LogP contribution is 2.28. The van der Waals surface area contributed by atoms with Crippen LogP contribution < -0.4 is 11.0 Å². The molecule has 144 valence electrons. The van der Waals surface area contributed by atoms with Gasteiger partial charge >= 0.3 is 5.69 Å². The molecule has 0 spiro atoms. The molecule has 1 amide bonds. The van der Waals surface area contributed by atoms with Crippen molar-refractivity contribution >= 4 is 11.7 Å². The number of anilines is 1. The molecule has 1 saturated heterocycles. The smallest absolute Gasteiger partial charge is 0.351 e. The molecule has 3 rings (SSSR count). The maximum absolute atomic E-state index is 14.3. The number of carbonyl (C=O) groups excluding carboxylic acids is 1. The standard InChI is InChI=1S/C16H14F3N3O5/c1-6-11(23)12(24)15(27-6)22-5-10(19)13(21-16(22)26)20-14(25)7-2-8(17)4-9(18)3-7/h2-6,11-12,15,23-24H,1H3,(H,20,21,25,26)/t6-,11-,12-,15-/m1/s1. The first kappa shape index (κ1) is 19.0. The predicted molar refractivity (Wildman–Crippen MR) is 84.4 cm³/mol. The number of hydrogen-bond acceptors (Lipinski definition) is 6. The fourth-order valence-electron chi connectivity index (χ4n) is 2.64. The van der Waals surface area contributed by atoms with E-state index in [2.05, 4.69) is 4.98 Å². The van der Waals surface area contributed by atoms with E-state index in [0.717, 1.165) is 12.1 Å². The first-order chi connectivity index (χ1) is 12.7. The van der Waals surface area contributed by atoms with E-state index in [-0.39, 0.29) is 0 Å². The summed E-state index contributed by atoms with van der Waals surface area (Å²) in [5.41, 5.74) is -1.52. The molecule has 0 saturated carbocycles. The van der Waals surface area contributed by atoms with Gasteiger partial charge in [-0.1, -0.05) is 0 Å². The van der Waals surface area contributed by atoms with E-state index in [1.54, 1.807) is 0 Å². The number of benzene rings is 1. The molecule has 1 aromatic heterocycles. The Morgan fingerprint density at radius 1 is 1.19 bits per heavy atom. The van der Waals surface area contributed by atoms with Gasteiger partial charge in [0.15, 0.2) is 17.9 Å². The number of nitrogens with one attached hydrogen (secondary N) is 1. The van der Waals surface area contributed by atoms with Crippen LogP contribution in [-0.4, -0.2) is 44.0 Å². The molecule has 2 aromatic rings. The van der Waals surface area contributed by atoms with Gasteiger partial charge in [0.25, 0.3) is 5.91 Å². The molecule has 27 heavy (non-hydrogen) atoms. The van der Waals surface area contributed by atoms with Crippen molar-refractivity contribution in [1.82, 2.24) is 9.55 Å². The molecule has 1 aliphatic rings. The highest BCUT2D eigenvalue weighted by molar-refractivity contribution is 6.03. The number of rotatable bonds is 3. The third kappa shape index (κ3) is 3.70. The Morgan fingerprint density at radius 3 is 2.37 bits per heavy atom. The van der Waals surface area contributed by atoms with E-state index in [4.69, 9.17) is 4.74 Å². The SMILES string of the molecule is C[C@H]1O[C@@H](n2cc(F)c(NC(=O)c3cc(F)cc(F)c3)nc2=O)[C@H](O)[C@@H]1O. The van der Waals surface area contributed by atoms with Crippen molar-refractivity contribution in [1.29, 1.82) is 0 Å². The molecule has 0 radical (unpaired) electrons.